The molecule has 1 aliphatic rings. The largest absolute Gasteiger partial charge is 0.389 e. The van der Waals surface area contributed by atoms with Crippen LogP contribution in [0.4, 0.5) is 0 Å². The van der Waals surface area contributed by atoms with Crippen molar-refractivity contribution in [2.24, 2.45) is 5.73 Å². The molecule has 1 aromatic rings. The fraction of sp³-hybridized carbons (Fsp3) is 0.417. The molecule has 2 rings (SSSR count). The average molecular weight is 284 g/mol. The summed E-state index contributed by atoms with van der Waals surface area (Å²) in [6.45, 7) is 0.356. The second-order valence-corrected chi connectivity index (χ2v) is 7.32. The van der Waals surface area contributed by atoms with E-state index in [1.165, 1.54) is 4.31 Å². The van der Waals surface area contributed by atoms with Crippen molar-refractivity contribution in [3.63, 3.8) is 0 Å². The third-order valence-electron chi connectivity index (χ3n) is 3.00. The van der Waals surface area contributed by atoms with Crippen LogP contribution in [-0.4, -0.2) is 30.0 Å². The summed E-state index contributed by atoms with van der Waals surface area (Å²) in [5.41, 5.74) is 7.22. The van der Waals surface area contributed by atoms with Gasteiger partial charge in [0.1, 0.15) is 4.99 Å². The topological polar surface area (TPSA) is 63.4 Å². The van der Waals surface area contributed by atoms with Crippen molar-refractivity contribution in [1.29, 1.82) is 0 Å². The van der Waals surface area contributed by atoms with Crippen LogP contribution in [-0.2, 0) is 16.6 Å². The minimum Gasteiger partial charge on any atom is -0.389 e. The van der Waals surface area contributed by atoms with Gasteiger partial charge < -0.3 is 5.73 Å². The van der Waals surface area contributed by atoms with Crippen LogP contribution in [0.25, 0.3) is 0 Å². The molecular weight excluding hydrogens is 268 g/mol. The van der Waals surface area contributed by atoms with Gasteiger partial charge in [0.05, 0.1) is 5.25 Å². The Morgan fingerprint density at radius 3 is 2.72 bits per heavy atom. The molecule has 1 saturated carbocycles. The first-order valence-electron chi connectivity index (χ1n) is 5.75. The van der Waals surface area contributed by atoms with Crippen LogP contribution >= 0.6 is 12.2 Å². The highest BCUT2D eigenvalue weighted by Crippen LogP contribution is 2.30. The summed E-state index contributed by atoms with van der Waals surface area (Å²) in [6.07, 6.45) is 1.55. The molecule has 0 heterocycles. The summed E-state index contributed by atoms with van der Waals surface area (Å²) in [5.74, 6) is 0. The molecular formula is C12H16N2O2S2. The van der Waals surface area contributed by atoms with E-state index in [1.807, 2.05) is 24.3 Å². The van der Waals surface area contributed by atoms with Gasteiger partial charge >= 0.3 is 0 Å². The van der Waals surface area contributed by atoms with Gasteiger partial charge in [0.15, 0.2) is 0 Å². The maximum absolute atomic E-state index is 12.0. The van der Waals surface area contributed by atoms with Gasteiger partial charge in [-0.3, -0.25) is 0 Å². The van der Waals surface area contributed by atoms with Crippen molar-refractivity contribution in [1.82, 2.24) is 4.31 Å². The van der Waals surface area contributed by atoms with Crippen molar-refractivity contribution in [3.8, 4) is 0 Å². The molecule has 2 N–H and O–H groups in total. The SMILES string of the molecule is CN(Cc1cccc(C(N)=S)c1)S(=O)(=O)C1CC1. The predicted octanol–water partition coefficient (Wildman–Crippen LogP) is 1.24. The molecule has 0 aromatic heterocycles. The molecule has 0 saturated heterocycles. The molecule has 0 bridgehead atoms. The van der Waals surface area contributed by atoms with Gasteiger partial charge in [0.25, 0.3) is 0 Å². The Morgan fingerprint density at radius 1 is 1.50 bits per heavy atom. The Hall–Kier alpha value is -0.980. The van der Waals surface area contributed by atoms with Crippen LogP contribution in [0.15, 0.2) is 24.3 Å². The fourth-order valence-electron chi connectivity index (χ4n) is 1.79. The van der Waals surface area contributed by atoms with E-state index >= 15 is 0 Å². The Labute approximate surface area is 113 Å². The van der Waals surface area contributed by atoms with E-state index in [0.29, 0.717) is 11.5 Å². The summed E-state index contributed by atoms with van der Waals surface area (Å²) >= 11 is 4.91. The Balaban J connectivity index is 2.14. The molecule has 0 radical (unpaired) electrons. The van der Waals surface area contributed by atoms with Gasteiger partial charge in [-0.2, -0.15) is 0 Å². The summed E-state index contributed by atoms with van der Waals surface area (Å²) in [7, 11) is -1.52. The lowest BCUT2D eigenvalue weighted by molar-refractivity contribution is 0.465. The van der Waals surface area contributed by atoms with Crippen LogP contribution in [0.3, 0.4) is 0 Å². The van der Waals surface area contributed by atoms with Gasteiger partial charge in [0.2, 0.25) is 10.0 Å². The van der Waals surface area contributed by atoms with Crippen molar-refractivity contribution in [2.45, 2.75) is 24.6 Å². The molecule has 4 nitrogen and oxygen atoms in total. The molecule has 18 heavy (non-hydrogen) atoms. The lowest BCUT2D eigenvalue weighted by Gasteiger charge is -2.17. The van der Waals surface area contributed by atoms with Crippen molar-refractivity contribution in [3.05, 3.63) is 35.4 Å². The number of hydrogen-bond acceptors (Lipinski definition) is 3. The zero-order valence-corrected chi connectivity index (χ0v) is 11.8. The molecule has 0 spiro atoms. The van der Waals surface area contributed by atoms with E-state index < -0.39 is 10.0 Å². The summed E-state index contributed by atoms with van der Waals surface area (Å²) < 4.78 is 25.4. The lowest BCUT2D eigenvalue weighted by Crippen LogP contribution is -2.29. The second kappa shape index (κ2) is 4.95. The summed E-state index contributed by atoms with van der Waals surface area (Å²) in [4.78, 5) is 0.324. The third-order valence-corrected chi connectivity index (χ3v) is 5.54. The van der Waals surface area contributed by atoms with Gasteiger partial charge in [-0.15, -0.1) is 0 Å². The van der Waals surface area contributed by atoms with Gasteiger partial charge in [-0.05, 0) is 24.5 Å². The molecule has 1 aliphatic carbocycles. The van der Waals surface area contributed by atoms with Crippen LogP contribution in [0.5, 0.6) is 0 Å². The number of rotatable bonds is 5. The summed E-state index contributed by atoms with van der Waals surface area (Å²) in [6, 6.07) is 7.37. The second-order valence-electron chi connectivity index (χ2n) is 4.56. The average Bonchev–Trinajstić information content (AvgIpc) is 3.13. The Kier molecular flexibility index (Phi) is 3.70. The van der Waals surface area contributed by atoms with E-state index in [0.717, 1.165) is 24.0 Å². The van der Waals surface area contributed by atoms with Crippen LogP contribution in [0.1, 0.15) is 24.0 Å². The first-order valence-corrected chi connectivity index (χ1v) is 7.66. The highest BCUT2D eigenvalue weighted by Gasteiger charge is 2.38. The molecule has 0 amide bonds. The van der Waals surface area contributed by atoms with E-state index in [1.54, 1.807) is 7.05 Å². The van der Waals surface area contributed by atoms with E-state index in [4.69, 9.17) is 18.0 Å². The number of nitrogens with zero attached hydrogens (tertiary/aromatic N) is 1. The normalized spacial score (nSPS) is 15.9. The first kappa shape index (κ1) is 13.5. The van der Waals surface area contributed by atoms with Crippen LogP contribution < -0.4 is 5.73 Å². The summed E-state index contributed by atoms with van der Waals surface area (Å²) in [5, 5.41) is -0.179. The maximum Gasteiger partial charge on any atom is 0.217 e. The minimum absolute atomic E-state index is 0.179. The Bertz CT molecular complexity index is 565. The van der Waals surface area contributed by atoms with Crippen LogP contribution in [0, 0.1) is 0 Å². The Morgan fingerprint density at radius 2 is 2.17 bits per heavy atom. The van der Waals surface area contributed by atoms with E-state index in [2.05, 4.69) is 0 Å². The van der Waals surface area contributed by atoms with Gasteiger partial charge in [-0.25, -0.2) is 12.7 Å². The maximum atomic E-state index is 12.0. The number of sulfonamides is 1. The quantitative estimate of drug-likeness (QED) is 0.826. The molecule has 6 heteroatoms. The molecule has 1 aromatic carbocycles. The predicted molar refractivity (Wildman–Crippen MR) is 75.7 cm³/mol. The van der Waals surface area contributed by atoms with Gasteiger partial charge in [0, 0.05) is 19.2 Å². The number of thiocarbonyl (C=S) groups is 1. The molecule has 1 fully saturated rings. The van der Waals surface area contributed by atoms with Crippen molar-refractivity contribution in [2.75, 3.05) is 7.05 Å². The minimum atomic E-state index is -3.13. The van der Waals surface area contributed by atoms with Crippen LogP contribution in [0.2, 0.25) is 0 Å². The smallest absolute Gasteiger partial charge is 0.217 e. The molecule has 0 unspecified atom stereocenters. The highest BCUT2D eigenvalue weighted by atomic mass is 32.2. The van der Waals surface area contributed by atoms with Crippen molar-refractivity contribution < 1.29 is 8.42 Å². The standard InChI is InChI=1S/C12H16N2O2S2/c1-14(18(15,16)11-5-6-11)8-9-3-2-4-10(7-9)12(13)17/h2-4,7,11H,5-6,8H2,1H3,(H2,13,17). The highest BCUT2D eigenvalue weighted by molar-refractivity contribution is 7.90. The molecule has 98 valence electrons. The van der Waals surface area contributed by atoms with Gasteiger partial charge in [-0.1, -0.05) is 30.4 Å². The lowest BCUT2D eigenvalue weighted by atomic mass is 10.1. The number of benzene rings is 1. The first-order chi connectivity index (χ1) is 8.41. The van der Waals surface area contributed by atoms with E-state index in [-0.39, 0.29) is 5.25 Å². The zero-order valence-electron chi connectivity index (χ0n) is 10.2. The van der Waals surface area contributed by atoms with Crippen molar-refractivity contribution >= 4 is 27.2 Å². The monoisotopic (exact) mass is 284 g/mol. The van der Waals surface area contributed by atoms with E-state index in [9.17, 15) is 8.42 Å². The third kappa shape index (κ3) is 2.88. The number of hydrogen-bond donors (Lipinski definition) is 1. The molecule has 0 aliphatic heterocycles. The fourth-order valence-corrected chi connectivity index (χ4v) is 3.49. The molecule has 0 atom stereocenters. The number of nitrogens with two attached hydrogens (primary N) is 1. The zero-order chi connectivity index (χ0) is 13.3.